The van der Waals surface area contributed by atoms with Crippen molar-refractivity contribution in [2.75, 3.05) is 13.1 Å². The third-order valence-corrected chi connectivity index (χ3v) is 4.58. The van der Waals surface area contributed by atoms with E-state index in [-0.39, 0.29) is 11.9 Å². The average molecular weight is 281 g/mol. The van der Waals surface area contributed by atoms with Gasteiger partial charge in [-0.1, -0.05) is 13.3 Å². The summed E-state index contributed by atoms with van der Waals surface area (Å²) in [5.41, 5.74) is 0. The smallest absolute Gasteiger partial charge is 0.234 e. The molecule has 4 nitrogen and oxygen atoms in total. The molecule has 2 fully saturated rings. The Kier molecular flexibility index (Phi) is 5.85. The molecular formula is C16H31N3O. The van der Waals surface area contributed by atoms with Gasteiger partial charge in [0, 0.05) is 24.2 Å². The van der Waals surface area contributed by atoms with Crippen molar-refractivity contribution >= 4 is 5.91 Å². The minimum atomic E-state index is 0.192. The molecule has 116 valence electrons. The van der Waals surface area contributed by atoms with Crippen LogP contribution in [0.3, 0.4) is 0 Å². The Morgan fingerprint density at radius 1 is 1.25 bits per heavy atom. The van der Waals surface area contributed by atoms with E-state index >= 15 is 0 Å². The molecule has 20 heavy (non-hydrogen) atoms. The maximum absolute atomic E-state index is 12.0. The average Bonchev–Trinajstić information content (AvgIpc) is 2.35. The van der Waals surface area contributed by atoms with Crippen molar-refractivity contribution in [3.8, 4) is 0 Å². The van der Waals surface area contributed by atoms with Gasteiger partial charge in [-0.15, -0.1) is 0 Å². The van der Waals surface area contributed by atoms with Crippen molar-refractivity contribution in [2.24, 2.45) is 0 Å². The van der Waals surface area contributed by atoms with Gasteiger partial charge in [0.1, 0.15) is 0 Å². The number of nitrogens with zero attached hydrogens (tertiary/aromatic N) is 1. The third-order valence-electron chi connectivity index (χ3n) is 4.58. The number of carbonyl (C=O) groups is 1. The van der Waals surface area contributed by atoms with E-state index < -0.39 is 0 Å². The monoisotopic (exact) mass is 281 g/mol. The molecule has 1 amide bonds. The molecule has 0 aromatic heterocycles. The Bertz CT molecular complexity index is 305. The molecule has 0 aromatic carbocycles. The molecule has 2 atom stereocenters. The van der Waals surface area contributed by atoms with Crippen LogP contribution in [0.1, 0.15) is 59.3 Å². The fourth-order valence-corrected chi connectivity index (χ4v) is 3.79. The van der Waals surface area contributed by atoms with Crippen molar-refractivity contribution in [3.05, 3.63) is 0 Å². The third kappa shape index (κ3) is 4.19. The summed E-state index contributed by atoms with van der Waals surface area (Å²) < 4.78 is 0. The van der Waals surface area contributed by atoms with E-state index in [2.05, 4.69) is 22.5 Å². The predicted octanol–water partition coefficient (Wildman–Crippen LogP) is 1.90. The highest BCUT2D eigenvalue weighted by molar-refractivity contribution is 5.78. The van der Waals surface area contributed by atoms with Crippen molar-refractivity contribution in [2.45, 2.75) is 83.5 Å². The van der Waals surface area contributed by atoms with Crippen molar-refractivity contribution in [3.63, 3.8) is 0 Å². The van der Waals surface area contributed by atoms with E-state index in [0.717, 1.165) is 6.54 Å². The summed E-state index contributed by atoms with van der Waals surface area (Å²) in [7, 11) is 0. The Hall–Kier alpha value is -0.610. The normalized spacial score (nSPS) is 30.5. The van der Waals surface area contributed by atoms with Crippen LogP contribution in [-0.4, -0.2) is 48.1 Å². The maximum atomic E-state index is 12.0. The summed E-state index contributed by atoms with van der Waals surface area (Å²) in [5.74, 6) is 0.192. The molecule has 0 saturated carbocycles. The number of hydrogen-bond acceptors (Lipinski definition) is 3. The molecule has 2 aliphatic rings. The zero-order valence-corrected chi connectivity index (χ0v) is 13.3. The highest BCUT2D eigenvalue weighted by atomic mass is 16.2. The summed E-state index contributed by atoms with van der Waals surface area (Å²) in [5, 5.41) is 6.71. The second kappa shape index (κ2) is 7.41. The van der Waals surface area contributed by atoms with E-state index in [1.165, 1.54) is 38.5 Å². The number of rotatable bonds is 6. The quantitative estimate of drug-likeness (QED) is 0.781. The molecule has 2 aliphatic heterocycles. The molecule has 2 saturated heterocycles. The first-order valence-corrected chi connectivity index (χ1v) is 8.38. The van der Waals surface area contributed by atoms with E-state index in [9.17, 15) is 4.79 Å². The first-order chi connectivity index (χ1) is 9.60. The van der Waals surface area contributed by atoms with E-state index in [0.29, 0.717) is 24.7 Å². The molecule has 2 N–H and O–H groups in total. The van der Waals surface area contributed by atoms with Gasteiger partial charge in [0.15, 0.2) is 0 Å². The van der Waals surface area contributed by atoms with Crippen LogP contribution in [-0.2, 0) is 4.79 Å². The van der Waals surface area contributed by atoms with Crippen LogP contribution in [0.2, 0.25) is 0 Å². The molecule has 0 radical (unpaired) electrons. The first kappa shape index (κ1) is 15.8. The van der Waals surface area contributed by atoms with Crippen molar-refractivity contribution in [1.29, 1.82) is 0 Å². The minimum Gasteiger partial charge on any atom is -0.353 e. The number of hydrogen-bond donors (Lipinski definition) is 2. The Morgan fingerprint density at radius 2 is 1.90 bits per heavy atom. The lowest BCUT2D eigenvalue weighted by Gasteiger charge is -2.48. The topological polar surface area (TPSA) is 44.4 Å². The second-order valence-corrected chi connectivity index (χ2v) is 6.76. The summed E-state index contributed by atoms with van der Waals surface area (Å²) in [6.45, 7) is 7.99. The maximum Gasteiger partial charge on any atom is 0.234 e. The summed E-state index contributed by atoms with van der Waals surface area (Å²) in [4.78, 5) is 14.5. The molecule has 2 rings (SSSR count). The molecule has 0 aliphatic carbocycles. The Balaban J connectivity index is 1.89. The Morgan fingerprint density at radius 3 is 2.45 bits per heavy atom. The van der Waals surface area contributed by atoms with Gasteiger partial charge in [0.25, 0.3) is 0 Å². The molecular weight excluding hydrogens is 250 g/mol. The summed E-state index contributed by atoms with van der Waals surface area (Å²) >= 11 is 0. The SMILES string of the molecule is CCCNC1CC2CCCC(C1)N2CC(=O)NC(C)C. The van der Waals surface area contributed by atoms with Crippen molar-refractivity contribution < 1.29 is 4.79 Å². The van der Waals surface area contributed by atoms with Crippen LogP contribution in [0.25, 0.3) is 0 Å². The van der Waals surface area contributed by atoms with Crippen molar-refractivity contribution in [1.82, 2.24) is 15.5 Å². The van der Waals surface area contributed by atoms with Gasteiger partial charge >= 0.3 is 0 Å². The molecule has 2 heterocycles. The molecule has 2 unspecified atom stereocenters. The minimum absolute atomic E-state index is 0.192. The number of piperidine rings is 2. The highest BCUT2D eigenvalue weighted by Gasteiger charge is 2.38. The van der Waals surface area contributed by atoms with Crippen LogP contribution in [0.5, 0.6) is 0 Å². The van der Waals surface area contributed by atoms with Gasteiger partial charge in [-0.2, -0.15) is 0 Å². The molecule has 0 aromatic rings. The number of carbonyl (C=O) groups excluding carboxylic acids is 1. The highest BCUT2D eigenvalue weighted by Crippen LogP contribution is 2.33. The molecule has 0 spiro atoms. The van der Waals surface area contributed by atoms with E-state index in [1.54, 1.807) is 0 Å². The zero-order valence-electron chi connectivity index (χ0n) is 13.3. The summed E-state index contributed by atoms with van der Waals surface area (Å²) in [6.07, 6.45) is 7.48. The van der Waals surface area contributed by atoms with Gasteiger partial charge in [0.2, 0.25) is 5.91 Å². The van der Waals surface area contributed by atoms with Crippen LogP contribution < -0.4 is 10.6 Å². The predicted molar refractivity (Wildman–Crippen MR) is 82.7 cm³/mol. The lowest BCUT2D eigenvalue weighted by Crippen LogP contribution is -2.58. The van der Waals surface area contributed by atoms with Gasteiger partial charge in [-0.3, -0.25) is 9.69 Å². The number of fused-ring (bicyclic) bond motifs is 2. The van der Waals surface area contributed by atoms with Gasteiger partial charge < -0.3 is 10.6 Å². The molecule has 4 heteroatoms. The zero-order chi connectivity index (χ0) is 14.5. The number of amides is 1. The standard InChI is InChI=1S/C16H31N3O/c1-4-8-17-13-9-14-6-5-7-15(10-13)19(14)11-16(20)18-12(2)3/h12-15,17H,4-11H2,1-3H3,(H,18,20). The van der Waals surface area contributed by atoms with E-state index in [1.807, 2.05) is 13.8 Å². The largest absolute Gasteiger partial charge is 0.353 e. The summed E-state index contributed by atoms with van der Waals surface area (Å²) in [6, 6.07) is 2.12. The van der Waals surface area contributed by atoms with E-state index in [4.69, 9.17) is 0 Å². The lowest BCUT2D eigenvalue weighted by molar-refractivity contribution is -0.125. The number of nitrogens with one attached hydrogen (secondary N) is 2. The van der Waals surface area contributed by atoms with Crippen LogP contribution in [0, 0.1) is 0 Å². The fourth-order valence-electron chi connectivity index (χ4n) is 3.79. The van der Waals surface area contributed by atoms with Crippen LogP contribution in [0.4, 0.5) is 0 Å². The lowest BCUT2D eigenvalue weighted by atomic mass is 9.81. The van der Waals surface area contributed by atoms with Gasteiger partial charge in [-0.25, -0.2) is 0 Å². The van der Waals surface area contributed by atoms with Crippen LogP contribution >= 0.6 is 0 Å². The Labute approximate surface area is 123 Å². The molecule has 2 bridgehead atoms. The van der Waals surface area contributed by atoms with Gasteiger partial charge in [0.05, 0.1) is 6.54 Å². The second-order valence-electron chi connectivity index (χ2n) is 6.76. The fraction of sp³-hybridized carbons (Fsp3) is 0.938. The van der Waals surface area contributed by atoms with Gasteiger partial charge in [-0.05, 0) is 52.5 Å². The van der Waals surface area contributed by atoms with Crippen LogP contribution in [0.15, 0.2) is 0 Å². The first-order valence-electron chi connectivity index (χ1n) is 8.38.